The minimum absolute atomic E-state index is 0.830. The van der Waals surface area contributed by atoms with Gasteiger partial charge >= 0.3 is 0 Å². The molecule has 0 amide bonds. The van der Waals surface area contributed by atoms with Crippen molar-refractivity contribution >= 4 is 0 Å². The molecule has 0 atom stereocenters. The third-order valence-corrected chi connectivity index (χ3v) is 4.48. The van der Waals surface area contributed by atoms with Crippen LogP contribution >= 0.6 is 0 Å². The van der Waals surface area contributed by atoms with E-state index in [0.29, 0.717) is 0 Å². The minimum Gasteiger partial charge on any atom is -0.0613 e. The Kier molecular flexibility index (Phi) is 2.99. The maximum atomic E-state index is 3.56. The zero-order valence-corrected chi connectivity index (χ0v) is 10.0. The Bertz CT molecular complexity index is 306. The molecule has 0 saturated heterocycles. The quantitative estimate of drug-likeness (QED) is 0.662. The van der Waals surface area contributed by atoms with Crippen molar-refractivity contribution in [3.63, 3.8) is 0 Å². The molecule has 1 aromatic rings. The lowest BCUT2D eigenvalue weighted by Crippen LogP contribution is -2.02. The Morgan fingerprint density at radius 2 is 1.50 bits per heavy atom. The van der Waals surface area contributed by atoms with Crippen molar-refractivity contribution in [2.75, 3.05) is 0 Å². The third kappa shape index (κ3) is 1.90. The van der Waals surface area contributed by atoms with Crippen LogP contribution in [0.15, 0.2) is 18.2 Å². The average molecular weight is 213 g/mol. The maximum absolute atomic E-state index is 3.56. The summed E-state index contributed by atoms with van der Waals surface area (Å²) in [5, 5.41) is 0. The lowest BCUT2D eigenvalue weighted by atomic mass is 9.86. The molecule has 0 heteroatoms. The number of hydrogen-bond donors (Lipinski definition) is 0. The van der Waals surface area contributed by atoms with Crippen LogP contribution in [-0.4, -0.2) is 0 Å². The van der Waals surface area contributed by atoms with E-state index in [4.69, 9.17) is 0 Å². The Labute approximate surface area is 99.1 Å². The number of benzene rings is 1. The van der Waals surface area contributed by atoms with Crippen molar-refractivity contribution < 1.29 is 0 Å². The Hall–Kier alpha value is -0.780. The van der Waals surface area contributed by atoms with Gasteiger partial charge in [0.1, 0.15) is 0 Å². The van der Waals surface area contributed by atoms with Crippen molar-refractivity contribution in [1.82, 2.24) is 0 Å². The molecule has 0 aromatic heterocycles. The summed E-state index contributed by atoms with van der Waals surface area (Å²) in [6.07, 6.45) is 11.4. The SMILES string of the molecule is [c]1cccc(C2CCCC2)c1C1CCCC1. The first-order valence-electron chi connectivity index (χ1n) is 6.95. The summed E-state index contributed by atoms with van der Waals surface area (Å²) in [6, 6.07) is 10.2. The van der Waals surface area contributed by atoms with Gasteiger partial charge in [0, 0.05) is 0 Å². The monoisotopic (exact) mass is 213 g/mol. The first kappa shape index (κ1) is 10.4. The second-order valence-electron chi connectivity index (χ2n) is 5.50. The fourth-order valence-electron chi connectivity index (χ4n) is 3.62. The van der Waals surface area contributed by atoms with Gasteiger partial charge in [-0.25, -0.2) is 0 Å². The summed E-state index contributed by atoms with van der Waals surface area (Å²) in [5.41, 5.74) is 3.22. The highest BCUT2D eigenvalue weighted by atomic mass is 14.3. The van der Waals surface area contributed by atoms with Crippen molar-refractivity contribution in [2.45, 2.75) is 63.2 Å². The highest BCUT2D eigenvalue weighted by Gasteiger charge is 2.24. The normalized spacial score (nSPS) is 23.0. The minimum atomic E-state index is 0.830. The van der Waals surface area contributed by atoms with Crippen LogP contribution in [-0.2, 0) is 0 Å². The fraction of sp³-hybridized carbons (Fsp3) is 0.625. The van der Waals surface area contributed by atoms with E-state index in [1.165, 1.54) is 51.4 Å². The highest BCUT2D eigenvalue weighted by Crippen LogP contribution is 2.42. The van der Waals surface area contributed by atoms with Crippen LogP contribution in [0.4, 0.5) is 0 Å². The summed E-state index contributed by atoms with van der Waals surface area (Å²) in [7, 11) is 0. The Balaban J connectivity index is 1.90. The molecule has 0 aliphatic heterocycles. The van der Waals surface area contributed by atoms with E-state index in [1.807, 2.05) is 0 Å². The Morgan fingerprint density at radius 1 is 0.875 bits per heavy atom. The number of hydrogen-bond acceptors (Lipinski definition) is 0. The first-order chi connectivity index (χ1) is 7.95. The molecule has 0 spiro atoms. The molecule has 0 unspecified atom stereocenters. The fourth-order valence-corrected chi connectivity index (χ4v) is 3.62. The van der Waals surface area contributed by atoms with E-state index in [9.17, 15) is 0 Å². The molecule has 2 saturated carbocycles. The molecule has 2 aliphatic rings. The summed E-state index contributed by atoms with van der Waals surface area (Å²) >= 11 is 0. The largest absolute Gasteiger partial charge is 0.0613 e. The molecular formula is C16H21. The van der Waals surface area contributed by atoms with Crippen LogP contribution in [0.1, 0.15) is 74.3 Å². The van der Waals surface area contributed by atoms with E-state index >= 15 is 0 Å². The molecule has 0 N–H and O–H groups in total. The van der Waals surface area contributed by atoms with Gasteiger partial charge in [-0.15, -0.1) is 0 Å². The maximum Gasteiger partial charge on any atom is -0.0143 e. The van der Waals surface area contributed by atoms with E-state index < -0.39 is 0 Å². The smallest absolute Gasteiger partial charge is 0.0143 e. The first-order valence-corrected chi connectivity index (χ1v) is 6.95. The van der Waals surface area contributed by atoms with E-state index in [-0.39, 0.29) is 0 Å². The summed E-state index contributed by atoms with van der Waals surface area (Å²) < 4.78 is 0. The summed E-state index contributed by atoms with van der Waals surface area (Å²) in [4.78, 5) is 0. The molecule has 1 aromatic carbocycles. The lowest BCUT2D eigenvalue weighted by Gasteiger charge is -2.19. The van der Waals surface area contributed by atoms with Gasteiger partial charge in [0.05, 0.1) is 0 Å². The predicted octanol–water partition coefficient (Wildman–Crippen LogP) is 4.80. The lowest BCUT2D eigenvalue weighted by molar-refractivity contribution is 0.664. The molecule has 1 radical (unpaired) electrons. The van der Waals surface area contributed by atoms with E-state index in [1.54, 1.807) is 11.1 Å². The molecule has 0 heterocycles. The molecule has 16 heavy (non-hydrogen) atoms. The van der Waals surface area contributed by atoms with Crippen molar-refractivity contribution in [2.24, 2.45) is 0 Å². The average Bonchev–Trinajstić information content (AvgIpc) is 3.03. The van der Waals surface area contributed by atoms with Crippen LogP contribution in [0.25, 0.3) is 0 Å². The van der Waals surface area contributed by atoms with E-state index in [0.717, 1.165) is 11.8 Å². The van der Waals surface area contributed by atoms with Crippen molar-refractivity contribution in [3.8, 4) is 0 Å². The van der Waals surface area contributed by atoms with E-state index in [2.05, 4.69) is 24.3 Å². The summed E-state index contributed by atoms with van der Waals surface area (Å²) in [5.74, 6) is 1.69. The molecule has 85 valence electrons. The third-order valence-electron chi connectivity index (χ3n) is 4.48. The molecule has 2 aliphatic carbocycles. The molecule has 3 rings (SSSR count). The van der Waals surface area contributed by atoms with Crippen LogP contribution in [0.2, 0.25) is 0 Å². The topological polar surface area (TPSA) is 0 Å². The van der Waals surface area contributed by atoms with Crippen molar-refractivity contribution in [1.29, 1.82) is 0 Å². The van der Waals surface area contributed by atoms with Gasteiger partial charge in [-0.1, -0.05) is 43.9 Å². The van der Waals surface area contributed by atoms with Gasteiger partial charge in [0.15, 0.2) is 0 Å². The van der Waals surface area contributed by atoms with Gasteiger partial charge in [-0.2, -0.15) is 0 Å². The standard InChI is InChI=1S/C16H21/c1-2-8-13(7-1)15-11-5-6-12-16(15)14-9-3-4-10-14/h5-6,11,13-14H,1-4,7-10H2. The van der Waals surface area contributed by atoms with Gasteiger partial charge in [-0.05, 0) is 54.7 Å². The van der Waals surface area contributed by atoms with Gasteiger partial charge in [0.25, 0.3) is 0 Å². The zero-order chi connectivity index (χ0) is 10.8. The molecule has 0 bridgehead atoms. The molecule has 0 nitrogen and oxygen atoms in total. The van der Waals surface area contributed by atoms with Crippen LogP contribution in [0.3, 0.4) is 0 Å². The van der Waals surface area contributed by atoms with Crippen LogP contribution < -0.4 is 0 Å². The second kappa shape index (κ2) is 4.61. The second-order valence-corrected chi connectivity index (χ2v) is 5.50. The van der Waals surface area contributed by atoms with Gasteiger partial charge < -0.3 is 0 Å². The predicted molar refractivity (Wildman–Crippen MR) is 67.7 cm³/mol. The zero-order valence-electron chi connectivity index (χ0n) is 10.0. The Morgan fingerprint density at radius 3 is 2.19 bits per heavy atom. The van der Waals surface area contributed by atoms with Crippen LogP contribution in [0, 0.1) is 6.07 Å². The van der Waals surface area contributed by atoms with Crippen LogP contribution in [0.5, 0.6) is 0 Å². The summed E-state index contributed by atoms with van der Waals surface area (Å²) in [6.45, 7) is 0. The van der Waals surface area contributed by atoms with Crippen molar-refractivity contribution in [3.05, 3.63) is 35.4 Å². The number of rotatable bonds is 2. The van der Waals surface area contributed by atoms with Gasteiger partial charge in [-0.3, -0.25) is 0 Å². The highest BCUT2D eigenvalue weighted by molar-refractivity contribution is 5.33. The van der Waals surface area contributed by atoms with Gasteiger partial charge in [0.2, 0.25) is 0 Å². The molecular weight excluding hydrogens is 192 g/mol. The molecule has 2 fully saturated rings.